The average molecular weight is 220 g/mol. The Labute approximate surface area is 97.2 Å². The number of aryl methyl sites for hydroxylation is 2. The SMILES string of the molecule is Cc1ccc(N2CCOCC2CN)c(C)c1. The van der Waals surface area contributed by atoms with Gasteiger partial charge >= 0.3 is 0 Å². The number of nitrogens with two attached hydrogens (primary N) is 1. The molecule has 0 aromatic heterocycles. The standard InChI is InChI=1S/C13H20N2O/c1-10-3-4-13(11(2)7-10)15-5-6-16-9-12(15)8-14/h3-4,7,12H,5-6,8-9,14H2,1-2H3. The quantitative estimate of drug-likeness (QED) is 0.820. The lowest BCUT2D eigenvalue weighted by Gasteiger charge is -2.37. The molecule has 1 aliphatic heterocycles. The van der Waals surface area contributed by atoms with Gasteiger partial charge in [-0.2, -0.15) is 0 Å². The van der Waals surface area contributed by atoms with E-state index in [-0.39, 0.29) is 0 Å². The number of benzene rings is 1. The smallest absolute Gasteiger partial charge is 0.0683 e. The maximum atomic E-state index is 5.79. The third kappa shape index (κ3) is 2.20. The van der Waals surface area contributed by atoms with Crippen molar-refractivity contribution in [3.63, 3.8) is 0 Å². The topological polar surface area (TPSA) is 38.5 Å². The Balaban J connectivity index is 2.27. The number of hydrogen-bond acceptors (Lipinski definition) is 3. The molecule has 0 bridgehead atoms. The third-order valence-electron chi connectivity index (χ3n) is 3.16. The van der Waals surface area contributed by atoms with Crippen molar-refractivity contribution < 1.29 is 4.74 Å². The van der Waals surface area contributed by atoms with E-state index in [9.17, 15) is 0 Å². The highest BCUT2D eigenvalue weighted by Gasteiger charge is 2.22. The van der Waals surface area contributed by atoms with Crippen LogP contribution < -0.4 is 10.6 Å². The zero-order valence-corrected chi connectivity index (χ0v) is 10.1. The summed E-state index contributed by atoms with van der Waals surface area (Å²) in [6.07, 6.45) is 0. The number of hydrogen-bond donors (Lipinski definition) is 1. The van der Waals surface area contributed by atoms with Crippen LogP contribution in [0, 0.1) is 13.8 Å². The Hall–Kier alpha value is -1.06. The fraction of sp³-hybridized carbons (Fsp3) is 0.538. The summed E-state index contributed by atoms with van der Waals surface area (Å²) in [6.45, 7) is 7.40. The first kappa shape index (κ1) is 11.4. The molecule has 0 saturated carbocycles. The Bertz CT molecular complexity index is 365. The molecule has 1 saturated heterocycles. The lowest BCUT2D eigenvalue weighted by Crippen LogP contribution is -2.49. The van der Waals surface area contributed by atoms with Gasteiger partial charge < -0.3 is 15.4 Å². The van der Waals surface area contributed by atoms with Gasteiger partial charge in [0, 0.05) is 18.8 Å². The van der Waals surface area contributed by atoms with Crippen LogP contribution in [0.5, 0.6) is 0 Å². The molecule has 1 fully saturated rings. The molecule has 88 valence electrons. The van der Waals surface area contributed by atoms with Crippen molar-refractivity contribution in [2.45, 2.75) is 19.9 Å². The molecule has 1 unspecified atom stereocenters. The number of anilines is 1. The largest absolute Gasteiger partial charge is 0.377 e. The second kappa shape index (κ2) is 4.85. The Morgan fingerprint density at radius 2 is 2.25 bits per heavy atom. The van der Waals surface area contributed by atoms with E-state index in [4.69, 9.17) is 10.5 Å². The minimum Gasteiger partial charge on any atom is -0.377 e. The molecule has 3 heteroatoms. The van der Waals surface area contributed by atoms with E-state index in [0.717, 1.165) is 19.8 Å². The summed E-state index contributed by atoms with van der Waals surface area (Å²) in [5.74, 6) is 0. The Kier molecular flexibility index (Phi) is 3.46. The highest BCUT2D eigenvalue weighted by atomic mass is 16.5. The molecule has 1 aromatic rings. The van der Waals surface area contributed by atoms with Crippen molar-refractivity contribution in [3.8, 4) is 0 Å². The van der Waals surface area contributed by atoms with E-state index in [1.54, 1.807) is 0 Å². The van der Waals surface area contributed by atoms with Gasteiger partial charge in [0.1, 0.15) is 0 Å². The van der Waals surface area contributed by atoms with Gasteiger partial charge in [0.15, 0.2) is 0 Å². The molecule has 1 aromatic carbocycles. The first-order valence-electron chi connectivity index (χ1n) is 5.84. The number of ether oxygens (including phenoxy) is 1. The summed E-state index contributed by atoms with van der Waals surface area (Å²) >= 11 is 0. The molecule has 2 rings (SSSR count). The molecule has 1 aliphatic rings. The zero-order valence-electron chi connectivity index (χ0n) is 10.1. The van der Waals surface area contributed by atoms with Crippen molar-refractivity contribution in [3.05, 3.63) is 29.3 Å². The molecule has 1 heterocycles. The lowest BCUT2D eigenvalue weighted by atomic mass is 10.1. The monoisotopic (exact) mass is 220 g/mol. The van der Waals surface area contributed by atoms with Crippen LogP contribution >= 0.6 is 0 Å². The van der Waals surface area contributed by atoms with E-state index in [1.807, 2.05) is 0 Å². The summed E-state index contributed by atoms with van der Waals surface area (Å²) in [6, 6.07) is 6.89. The fourth-order valence-electron chi connectivity index (χ4n) is 2.29. The van der Waals surface area contributed by atoms with Crippen LogP contribution in [-0.4, -0.2) is 32.3 Å². The number of nitrogens with zero attached hydrogens (tertiary/aromatic N) is 1. The highest BCUT2D eigenvalue weighted by Crippen LogP contribution is 2.24. The second-order valence-electron chi connectivity index (χ2n) is 4.45. The first-order chi connectivity index (χ1) is 7.72. The summed E-state index contributed by atoms with van der Waals surface area (Å²) in [7, 11) is 0. The number of rotatable bonds is 2. The Morgan fingerprint density at radius 3 is 2.94 bits per heavy atom. The summed E-state index contributed by atoms with van der Waals surface area (Å²) < 4.78 is 5.47. The van der Waals surface area contributed by atoms with Crippen molar-refractivity contribution in [2.24, 2.45) is 5.73 Å². The van der Waals surface area contributed by atoms with Crippen LogP contribution in [0.3, 0.4) is 0 Å². The maximum absolute atomic E-state index is 5.79. The van der Waals surface area contributed by atoms with Crippen LogP contribution in [-0.2, 0) is 4.74 Å². The van der Waals surface area contributed by atoms with Gasteiger partial charge in [0.05, 0.1) is 19.3 Å². The third-order valence-corrected chi connectivity index (χ3v) is 3.16. The molecule has 3 nitrogen and oxygen atoms in total. The number of morpholine rings is 1. The lowest BCUT2D eigenvalue weighted by molar-refractivity contribution is 0.0962. The predicted octanol–water partition coefficient (Wildman–Crippen LogP) is 1.47. The first-order valence-corrected chi connectivity index (χ1v) is 5.84. The minimum absolute atomic E-state index is 0.315. The Morgan fingerprint density at radius 1 is 1.44 bits per heavy atom. The average Bonchev–Trinajstić information content (AvgIpc) is 2.29. The van der Waals surface area contributed by atoms with Crippen LogP contribution in [0.15, 0.2) is 18.2 Å². The van der Waals surface area contributed by atoms with E-state index in [2.05, 4.69) is 36.9 Å². The van der Waals surface area contributed by atoms with Crippen LogP contribution in [0.25, 0.3) is 0 Å². The second-order valence-corrected chi connectivity index (χ2v) is 4.45. The molecule has 1 atom stereocenters. The van der Waals surface area contributed by atoms with Crippen molar-refractivity contribution in [1.82, 2.24) is 0 Å². The van der Waals surface area contributed by atoms with Crippen molar-refractivity contribution >= 4 is 5.69 Å². The van der Waals surface area contributed by atoms with Crippen LogP contribution in [0.2, 0.25) is 0 Å². The van der Waals surface area contributed by atoms with Gasteiger partial charge in [-0.25, -0.2) is 0 Å². The molecule has 2 N–H and O–H groups in total. The molecule has 0 radical (unpaired) electrons. The van der Waals surface area contributed by atoms with Crippen molar-refractivity contribution in [1.29, 1.82) is 0 Å². The van der Waals surface area contributed by atoms with Gasteiger partial charge in [-0.15, -0.1) is 0 Å². The van der Waals surface area contributed by atoms with Gasteiger partial charge in [0.2, 0.25) is 0 Å². The molecule has 0 aliphatic carbocycles. The summed E-state index contributed by atoms with van der Waals surface area (Å²) in [4.78, 5) is 2.37. The minimum atomic E-state index is 0.315. The van der Waals surface area contributed by atoms with Crippen LogP contribution in [0.1, 0.15) is 11.1 Å². The summed E-state index contributed by atoms with van der Waals surface area (Å²) in [5.41, 5.74) is 9.71. The van der Waals surface area contributed by atoms with Crippen molar-refractivity contribution in [2.75, 3.05) is 31.2 Å². The highest BCUT2D eigenvalue weighted by molar-refractivity contribution is 5.55. The predicted molar refractivity (Wildman–Crippen MR) is 66.9 cm³/mol. The molecular formula is C13H20N2O. The fourth-order valence-corrected chi connectivity index (χ4v) is 2.29. The molecular weight excluding hydrogens is 200 g/mol. The van der Waals surface area contributed by atoms with Crippen LogP contribution in [0.4, 0.5) is 5.69 Å². The normalized spacial score (nSPS) is 21.2. The van der Waals surface area contributed by atoms with Gasteiger partial charge in [-0.1, -0.05) is 17.7 Å². The van der Waals surface area contributed by atoms with Gasteiger partial charge in [0.25, 0.3) is 0 Å². The molecule has 16 heavy (non-hydrogen) atoms. The van der Waals surface area contributed by atoms with E-state index in [1.165, 1.54) is 16.8 Å². The zero-order chi connectivity index (χ0) is 11.5. The summed E-state index contributed by atoms with van der Waals surface area (Å²) in [5, 5.41) is 0. The van der Waals surface area contributed by atoms with Gasteiger partial charge in [-0.3, -0.25) is 0 Å². The molecule has 0 spiro atoms. The van der Waals surface area contributed by atoms with Gasteiger partial charge in [-0.05, 0) is 25.5 Å². The van der Waals surface area contributed by atoms with E-state index in [0.29, 0.717) is 12.6 Å². The van der Waals surface area contributed by atoms with E-state index >= 15 is 0 Å². The van der Waals surface area contributed by atoms with E-state index < -0.39 is 0 Å². The molecule has 0 amide bonds. The maximum Gasteiger partial charge on any atom is 0.0683 e.